The zero-order valence-corrected chi connectivity index (χ0v) is 11.2. The molecule has 0 aliphatic heterocycles. The minimum atomic E-state index is -0.632. The van der Waals surface area contributed by atoms with Crippen molar-refractivity contribution < 1.29 is 9.59 Å². The summed E-state index contributed by atoms with van der Waals surface area (Å²) in [4.78, 5) is 23.2. The highest BCUT2D eigenvalue weighted by molar-refractivity contribution is 7.17. The highest BCUT2D eigenvalue weighted by Crippen LogP contribution is 2.14. The summed E-state index contributed by atoms with van der Waals surface area (Å²) < 4.78 is 0.189. The fourth-order valence-electron chi connectivity index (χ4n) is 1.03. The molecule has 0 bridgehead atoms. The number of amides is 2. The van der Waals surface area contributed by atoms with Crippen molar-refractivity contribution in [3.8, 4) is 0 Å². The normalized spacial score (nSPS) is 12.3. The average molecular weight is 277 g/mol. The molecule has 1 atom stereocenters. The number of halogens is 1. The predicted molar refractivity (Wildman–Crippen MR) is 65.1 cm³/mol. The van der Waals surface area contributed by atoms with E-state index < -0.39 is 11.9 Å². The van der Waals surface area contributed by atoms with Gasteiger partial charge in [0.1, 0.15) is 6.04 Å². The minimum Gasteiger partial charge on any atom is -0.352 e. The van der Waals surface area contributed by atoms with Crippen LogP contribution in [0.25, 0.3) is 0 Å². The van der Waals surface area contributed by atoms with Gasteiger partial charge in [0.15, 0.2) is 0 Å². The Morgan fingerprint density at radius 1 is 1.24 bits per heavy atom. The number of nitrogens with zero attached hydrogens (tertiary/aromatic N) is 2. The Morgan fingerprint density at radius 2 is 1.88 bits per heavy atom. The summed E-state index contributed by atoms with van der Waals surface area (Å²) in [7, 11) is 0. The Morgan fingerprint density at radius 3 is 2.35 bits per heavy atom. The molecule has 1 aromatic rings. The summed E-state index contributed by atoms with van der Waals surface area (Å²) >= 11 is 6.52. The van der Waals surface area contributed by atoms with Gasteiger partial charge in [0.25, 0.3) is 5.91 Å². The third-order valence-electron chi connectivity index (χ3n) is 1.77. The molecule has 0 aliphatic rings. The number of rotatable bonds is 4. The molecular weight excluding hydrogens is 264 g/mol. The van der Waals surface area contributed by atoms with Crippen molar-refractivity contribution in [3.05, 3.63) is 9.47 Å². The second-order valence-corrected chi connectivity index (χ2v) is 5.28. The first kappa shape index (κ1) is 13.9. The van der Waals surface area contributed by atoms with Crippen molar-refractivity contribution in [2.45, 2.75) is 32.9 Å². The van der Waals surface area contributed by atoms with Crippen molar-refractivity contribution in [2.24, 2.45) is 0 Å². The lowest BCUT2D eigenvalue weighted by molar-refractivity contribution is -0.123. The average Bonchev–Trinajstić information content (AvgIpc) is 2.63. The Hall–Kier alpha value is -1.21. The van der Waals surface area contributed by atoms with Gasteiger partial charge < -0.3 is 10.6 Å². The Bertz CT molecular complexity index is 421. The van der Waals surface area contributed by atoms with Gasteiger partial charge in [0.2, 0.25) is 15.4 Å². The summed E-state index contributed by atoms with van der Waals surface area (Å²) in [5, 5.41) is 12.4. The van der Waals surface area contributed by atoms with Gasteiger partial charge in [0, 0.05) is 6.04 Å². The molecule has 1 unspecified atom stereocenters. The molecule has 0 saturated heterocycles. The predicted octanol–water partition coefficient (Wildman–Crippen LogP) is 0.834. The first-order valence-corrected chi connectivity index (χ1v) is 6.20. The van der Waals surface area contributed by atoms with Crippen LogP contribution in [0.5, 0.6) is 0 Å². The van der Waals surface area contributed by atoms with E-state index in [2.05, 4.69) is 20.8 Å². The number of nitrogens with one attached hydrogen (secondary N) is 2. The summed E-state index contributed by atoms with van der Waals surface area (Å²) in [6.45, 7) is 5.28. The fourth-order valence-corrected chi connectivity index (χ4v) is 1.76. The van der Waals surface area contributed by atoms with Gasteiger partial charge in [-0.15, -0.1) is 10.2 Å². The zero-order valence-electron chi connectivity index (χ0n) is 9.65. The molecule has 1 aromatic heterocycles. The van der Waals surface area contributed by atoms with Gasteiger partial charge in [-0.3, -0.25) is 9.59 Å². The van der Waals surface area contributed by atoms with Gasteiger partial charge in [-0.2, -0.15) is 0 Å². The van der Waals surface area contributed by atoms with E-state index in [9.17, 15) is 9.59 Å². The smallest absolute Gasteiger partial charge is 0.282 e. The minimum absolute atomic E-state index is 0.0258. The van der Waals surface area contributed by atoms with Crippen LogP contribution in [0.4, 0.5) is 0 Å². The van der Waals surface area contributed by atoms with Crippen LogP contribution in [-0.2, 0) is 4.79 Å². The molecule has 17 heavy (non-hydrogen) atoms. The second kappa shape index (κ2) is 5.92. The van der Waals surface area contributed by atoms with Gasteiger partial charge in [-0.05, 0) is 32.4 Å². The molecule has 1 rings (SSSR count). The lowest BCUT2D eigenvalue weighted by atomic mass is 10.3. The SMILES string of the molecule is CC(C)NC(=O)C(C)NC(=O)c1nnc(Cl)s1. The Balaban J connectivity index is 2.54. The Kier molecular flexibility index (Phi) is 4.83. The van der Waals surface area contributed by atoms with Crippen LogP contribution in [0.2, 0.25) is 4.47 Å². The summed E-state index contributed by atoms with van der Waals surface area (Å²) in [6.07, 6.45) is 0. The first-order valence-electron chi connectivity index (χ1n) is 5.00. The second-order valence-electron chi connectivity index (χ2n) is 3.72. The molecule has 1 heterocycles. The fraction of sp³-hybridized carbons (Fsp3) is 0.556. The van der Waals surface area contributed by atoms with Crippen LogP contribution in [0.3, 0.4) is 0 Å². The highest BCUT2D eigenvalue weighted by atomic mass is 35.5. The van der Waals surface area contributed by atoms with Crippen molar-refractivity contribution in [1.29, 1.82) is 0 Å². The van der Waals surface area contributed by atoms with E-state index in [-0.39, 0.29) is 21.4 Å². The molecule has 0 spiro atoms. The lowest BCUT2D eigenvalue weighted by Crippen LogP contribution is -2.46. The first-order chi connectivity index (χ1) is 7.90. The van der Waals surface area contributed by atoms with E-state index in [1.54, 1.807) is 6.92 Å². The molecule has 0 fully saturated rings. The van der Waals surface area contributed by atoms with Crippen LogP contribution < -0.4 is 10.6 Å². The number of hydrogen-bond acceptors (Lipinski definition) is 5. The van der Waals surface area contributed by atoms with Crippen LogP contribution >= 0.6 is 22.9 Å². The summed E-state index contributed by atoms with van der Waals surface area (Å²) in [5.74, 6) is -0.704. The molecule has 0 aliphatic carbocycles. The molecule has 2 amide bonds. The number of carbonyl (C=O) groups excluding carboxylic acids is 2. The number of carbonyl (C=O) groups is 2. The molecule has 94 valence electrons. The van der Waals surface area contributed by atoms with E-state index in [1.165, 1.54) is 0 Å². The monoisotopic (exact) mass is 276 g/mol. The third kappa shape index (κ3) is 4.27. The van der Waals surface area contributed by atoms with Gasteiger partial charge >= 0.3 is 0 Å². The molecule has 8 heteroatoms. The Labute approximate surface area is 108 Å². The van der Waals surface area contributed by atoms with Crippen LogP contribution in [0, 0.1) is 0 Å². The maximum atomic E-state index is 11.6. The molecule has 2 N–H and O–H groups in total. The maximum Gasteiger partial charge on any atom is 0.282 e. The summed E-state index contributed by atoms with van der Waals surface area (Å²) in [6, 6.07) is -0.606. The summed E-state index contributed by atoms with van der Waals surface area (Å²) in [5.41, 5.74) is 0. The largest absolute Gasteiger partial charge is 0.352 e. The van der Waals surface area contributed by atoms with E-state index >= 15 is 0 Å². The van der Waals surface area contributed by atoms with Crippen molar-refractivity contribution in [2.75, 3.05) is 0 Å². The quantitative estimate of drug-likeness (QED) is 0.853. The molecule has 0 saturated carbocycles. The van der Waals surface area contributed by atoms with Gasteiger partial charge in [0.05, 0.1) is 0 Å². The van der Waals surface area contributed by atoms with E-state index in [4.69, 9.17) is 11.6 Å². The van der Waals surface area contributed by atoms with Crippen LogP contribution in [0.15, 0.2) is 0 Å². The third-order valence-corrected chi connectivity index (χ3v) is 2.78. The van der Waals surface area contributed by atoms with E-state index in [0.29, 0.717) is 0 Å². The van der Waals surface area contributed by atoms with E-state index in [1.807, 2.05) is 13.8 Å². The number of aromatic nitrogens is 2. The molecular formula is C9H13ClN4O2S. The van der Waals surface area contributed by atoms with E-state index in [0.717, 1.165) is 11.3 Å². The topological polar surface area (TPSA) is 84.0 Å². The van der Waals surface area contributed by atoms with Gasteiger partial charge in [-0.1, -0.05) is 11.3 Å². The van der Waals surface area contributed by atoms with Crippen molar-refractivity contribution >= 4 is 34.8 Å². The maximum absolute atomic E-state index is 11.6. The highest BCUT2D eigenvalue weighted by Gasteiger charge is 2.19. The van der Waals surface area contributed by atoms with Crippen LogP contribution in [-0.4, -0.2) is 34.1 Å². The van der Waals surface area contributed by atoms with Crippen LogP contribution in [0.1, 0.15) is 30.6 Å². The molecule has 6 nitrogen and oxygen atoms in total. The lowest BCUT2D eigenvalue weighted by Gasteiger charge is -2.14. The van der Waals surface area contributed by atoms with Crippen molar-refractivity contribution in [3.63, 3.8) is 0 Å². The van der Waals surface area contributed by atoms with Gasteiger partial charge in [-0.25, -0.2) is 0 Å². The molecule has 0 radical (unpaired) electrons. The van der Waals surface area contributed by atoms with Crippen molar-refractivity contribution in [1.82, 2.24) is 20.8 Å². The number of hydrogen-bond donors (Lipinski definition) is 2. The standard InChI is InChI=1S/C9H13ClN4O2S/c1-4(2)11-6(15)5(3)12-7(16)8-13-14-9(10)17-8/h4-5H,1-3H3,(H,11,15)(H,12,16). The zero-order chi connectivity index (χ0) is 13.0. The molecule has 0 aromatic carbocycles.